The largest absolute Gasteiger partial charge is 0.391 e. The molecule has 0 bridgehead atoms. The Labute approximate surface area is 81.3 Å². The van der Waals surface area contributed by atoms with Gasteiger partial charge in [0.05, 0.1) is 12.2 Å². The predicted octanol–water partition coefficient (Wildman–Crippen LogP) is 2.11. The van der Waals surface area contributed by atoms with Crippen molar-refractivity contribution in [2.45, 2.75) is 52.2 Å². The van der Waals surface area contributed by atoms with E-state index in [1.165, 1.54) is 0 Å². The summed E-state index contributed by atoms with van der Waals surface area (Å²) in [7, 11) is 0. The van der Waals surface area contributed by atoms with Gasteiger partial charge >= 0.3 is 0 Å². The Kier molecular flexibility index (Phi) is 6.92. The molecule has 0 aromatic carbocycles. The van der Waals surface area contributed by atoms with Crippen molar-refractivity contribution in [2.24, 2.45) is 5.92 Å². The number of rotatable bonds is 6. The van der Waals surface area contributed by atoms with Crippen LogP contribution in [-0.4, -0.2) is 22.4 Å². The summed E-state index contributed by atoms with van der Waals surface area (Å²) in [5, 5.41) is 18.9. The van der Waals surface area contributed by atoms with Crippen LogP contribution in [0, 0.1) is 5.92 Å². The van der Waals surface area contributed by atoms with Crippen LogP contribution in [0.5, 0.6) is 0 Å². The van der Waals surface area contributed by atoms with E-state index in [2.05, 4.69) is 6.92 Å². The summed E-state index contributed by atoms with van der Waals surface area (Å²) in [4.78, 5) is 0. The van der Waals surface area contributed by atoms with Crippen molar-refractivity contribution in [1.29, 1.82) is 0 Å². The molecule has 0 fully saturated rings. The van der Waals surface area contributed by atoms with Gasteiger partial charge in [0.15, 0.2) is 0 Å². The van der Waals surface area contributed by atoms with Crippen LogP contribution >= 0.6 is 0 Å². The van der Waals surface area contributed by atoms with Crippen LogP contribution in [0.3, 0.4) is 0 Å². The molecule has 0 heterocycles. The second-order valence-corrected chi connectivity index (χ2v) is 3.56. The first kappa shape index (κ1) is 12.7. The first-order chi connectivity index (χ1) is 6.13. The van der Waals surface area contributed by atoms with Gasteiger partial charge in [-0.15, -0.1) is 0 Å². The number of unbranched alkanes of at least 4 members (excludes halogenated alkanes) is 1. The molecule has 0 aliphatic heterocycles. The van der Waals surface area contributed by atoms with Gasteiger partial charge in [0, 0.05) is 5.92 Å². The van der Waals surface area contributed by atoms with E-state index in [-0.39, 0.29) is 5.92 Å². The quantitative estimate of drug-likeness (QED) is 0.624. The van der Waals surface area contributed by atoms with E-state index in [1.54, 1.807) is 6.92 Å². The number of aliphatic hydroxyl groups excluding tert-OH is 2. The van der Waals surface area contributed by atoms with E-state index < -0.39 is 12.2 Å². The van der Waals surface area contributed by atoms with Crippen molar-refractivity contribution in [2.75, 3.05) is 0 Å². The summed E-state index contributed by atoms with van der Waals surface area (Å²) in [5.41, 5.74) is 0. The van der Waals surface area contributed by atoms with Gasteiger partial charge < -0.3 is 10.2 Å². The molecule has 0 aromatic rings. The predicted molar refractivity (Wildman–Crippen MR) is 55.5 cm³/mol. The molecule has 2 heteroatoms. The fourth-order valence-corrected chi connectivity index (χ4v) is 1.43. The molecule has 0 aromatic heterocycles. The lowest BCUT2D eigenvalue weighted by Gasteiger charge is -2.21. The first-order valence-corrected chi connectivity index (χ1v) is 5.12. The summed E-state index contributed by atoms with van der Waals surface area (Å²) in [6.07, 6.45) is 5.83. The molecular formula is C11H22O2. The molecule has 2 nitrogen and oxygen atoms in total. The lowest BCUT2D eigenvalue weighted by molar-refractivity contribution is 0.00295. The average molecular weight is 186 g/mol. The van der Waals surface area contributed by atoms with E-state index in [0.29, 0.717) is 0 Å². The minimum atomic E-state index is -0.641. The molecule has 0 spiro atoms. The van der Waals surface area contributed by atoms with E-state index in [4.69, 9.17) is 0 Å². The number of hydrogen-bond donors (Lipinski definition) is 2. The zero-order chi connectivity index (χ0) is 10.3. The molecule has 0 rings (SSSR count). The number of hydrogen-bond acceptors (Lipinski definition) is 2. The summed E-state index contributed by atoms with van der Waals surface area (Å²) >= 11 is 0. The van der Waals surface area contributed by atoms with Crippen LogP contribution in [0.15, 0.2) is 12.2 Å². The third-order valence-corrected chi connectivity index (χ3v) is 2.26. The van der Waals surface area contributed by atoms with Gasteiger partial charge in [-0.3, -0.25) is 0 Å². The Bertz CT molecular complexity index is 141. The van der Waals surface area contributed by atoms with Gasteiger partial charge in [0.25, 0.3) is 0 Å². The highest BCUT2D eigenvalue weighted by Crippen LogP contribution is 2.17. The second-order valence-electron chi connectivity index (χ2n) is 3.56. The van der Waals surface area contributed by atoms with Crippen LogP contribution in [-0.2, 0) is 0 Å². The molecule has 3 atom stereocenters. The third kappa shape index (κ3) is 5.06. The molecule has 0 saturated carbocycles. The zero-order valence-electron chi connectivity index (χ0n) is 8.90. The van der Waals surface area contributed by atoms with Gasteiger partial charge in [-0.2, -0.15) is 0 Å². The third-order valence-electron chi connectivity index (χ3n) is 2.26. The van der Waals surface area contributed by atoms with Crippen LogP contribution in [0.4, 0.5) is 0 Å². The smallest absolute Gasteiger partial charge is 0.0858 e. The standard InChI is InChI=1S/C11H22O2/c1-4-6-8-10(7-5-2)11(13)9(3)12/h5,7,9-13H,4,6,8H2,1-3H3/t9-,10+,11-/m0/s1. The summed E-state index contributed by atoms with van der Waals surface area (Å²) in [5.74, 6) is 0.102. The highest BCUT2D eigenvalue weighted by Gasteiger charge is 2.19. The van der Waals surface area contributed by atoms with Crippen molar-refractivity contribution < 1.29 is 10.2 Å². The molecule has 0 aliphatic carbocycles. The molecule has 0 unspecified atom stereocenters. The number of allylic oxidation sites excluding steroid dienone is 1. The SMILES string of the molecule is CC=C[C@H](CCCC)[C@@H](O)[C@H](C)O. The minimum absolute atomic E-state index is 0.102. The maximum Gasteiger partial charge on any atom is 0.0858 e. The topological polar surface area (TPSA) is 40.5 Å². The molecule has 0 amide bonds. The molecule has 0 saturated heterocycles. The summed E-state index contributed by atoms with van der Waals surface area (Å²) in [6, 6.07) is 0. The van der Waals surface area contributed by atoms with E-state index >= 15 is 0 Å². The Morgan fingerprint density at radius 1 is 1.31 bits per heavy atom. The normalized spacial score (nSPS) is 18.8. The van der Waals surface area contributed by atoms with Crippen molar-refractivity contribution in [3.63, 3.8) is 0 Å². The fraction of sp³-hybridized carbons (Fsp3) is 0.818. The van der Waals surface area contributed by atoms with Gasteiger partial charge in [0.2, 0.25) is 0 Å². The molecule has 0 radical (unpaired) electrons. The lowest BCUT2D eigenvalue weighted by atomic mass is 9.92. The minimum Gasteiger partial charge on any atom is -0.391 e. The second kappa shape index (κ2) is 7.10. The van der Waals surface area contributed by atoms with Crippen molar-refractivity contribution in [3.8, 4) is 0 Å². The van der Waals surface area contributed by atoms with Crippen LogP contribution in [0.1, 0.15) is 40.0 Å². The highest BCUT2D eigenvalue weighted by atomic mass is 16.3. The Morgan fingerprint density at radius 2 is 1.92 bits per heavy atom. The number of aliphatic hydroxyl groups is 2. The maximum absolute atomic E-state index is 9.64. The molecular weight excluding hydrogens is 164 g/mol. The van der Waals surface area contributed by atoms with Crippen LogP contribution < -0.4 is 0 Å². The van der Waals surface area contributed by atoms with Crippen molar-refractivity contribution >= 4 is 0 Å². The van der Waals surface area contributed by atoms with Crippen molar-refractivity contribution in [1.82, 2.24) is 0 Å². The summed E-state index contributed by atoms with van der Waals surface area (Å²) in [6.45, 7) is 5.70. The lowest BCUT2D eigenvalue weighted by Crippen LogP contribution is -2.30. The molecule has 0 aliphatic rings. The summed E-state index contributed by atoms with van der Waals surface area (Å²) < 4.78 is 0. The molecule has 13 heavy (non-hydrogen) atoms. The van der Waals surface area contributed by atoms with Gasteiger partial charge in [-0.05, 0) is 20.3 Å². The Morgan fingerprint density at radius 3 is 2.31 bits per heavy atom. The Balaban J connectivity index is 4.06. The molecule has 2 N–H and O–H groups in total. The molecule has 78 valence electrons. The highest BCUT2D eigenvalue weighted by molar-refractivity contribution is 4.91. The van der Waals surface area contributed by atoms with Gasteiger partial charge in [-0.1, -0.05) is 31.9 Å². The van der Waals surface area contributed by atoms with Crippen molar-refractivity contribution in [3.05, 3.63) is 12.2 Å². The Hall–Kier alpha value is -0.340. The van der Waals surface area contributed by atoms with E-state index in [0.717, 1.165) is 19.3 Å². The zero-order valence-corrected chi connectivity index (χ0v) is 8.90. The van der Waals surface area contributed by atoms with Crippen LogP contribution in [0.2, 0.25) is 0 Å². The van der Waals surface area contributed by atoms with E-state index in [1.807, 2.05) is 19.1 Å². The van der Waals surface area contributed by atoms with Crippen LogP contribution in [0.25, 0.3) is 0 Å². The van der Waals surface area contributed by atoms with E-state index in [9.17, 15) is 10.2 Å². The fourth-order valence-electron chi connectivity index (χ4n) is 1.43. The van der Waals surface area contributed by atoms with Gasteiger partial charge in [0.1, 0.15) is 0 Å². The first-order valence-electron chi connectivity index (χ1n) is 5.12. The van der Waals surface area contributed by atoms with Gasteiger partial charge in [-0.25, -0.2) is 0 Å². The monoisotopic (exact) mass is 186 g/mol. The maximum atomic E-state index is 9.64. The average Bonchev–Trinajstić information content (AvgIpc) is 2.11.